The number of likely N-dealkylation sites (N-methyl/N-ethyl adjacent to an activating group) is 1. The second-order valence-corrected chi connectivity index (χ2v) is 6.17. The minimum absolute atomic E-state index is 0.0105. The van der Waals surface area contributed by atoms with Gasteiger partial charge in [-0.2, -0.15) is 0 Å². The van der Waals surface area contributed by atoms with Crippen LogP contribution in [0, 0.1) is 0 Å². The number of benzene rings is 2. The number of carbonyl (C=O) groups excluding carboxylic acids is 2. The third-order valence-electron chi connectivity index (χ3n) is 4.42. The Morgan fingerprint density at radius 1 is 0.704 bits per heavy atom. The van der Waals surface area contributed by atoms with Crippen molar-refractivity contribution in [3.63, 3.8) is 0 Å². The molecular weight excluding hydrogens is 350 g/mol. The summed E-state index contributed by atoms with van der Waals surface area (Å²) in [5.74, 6) is -2.50. The Morgan fingerprint density at radius 3 is 1.78 bits per heavy atom. The largest absolute Gasteiger partial charge is 0.507 e. The zero-order valence-electron chi connectivity index (χ0n) is 14.8. The first-order valence-corrected chi connectivity index (χ1v) is 8.56. The molecule has 142 valence electrons. The predicted octanol–water partition coefficient (Wildman–Crippen LogP) is 0.800. The molecule has 0 atom stereocenters. The van der Waals surface area contributed by atoms with Crippen LogP contribution < -0.4 is 16.0 Å². The lowest BCUT2D eigenvalue weighted by molar-refractivity contribution is 0.0972. The summed E-state index contributed by atoms with van der Waals surface area (Å²) in [7, 11) is 1.86. The number of carbonyl (C=O) groups is 2. The van der Waals surface area contributed by atoms with Gasteiger partial charge in [0.15, 0.2) is 0 Å². The number of hydrogen-bond acceptors (Lipinski definition) is 8. The van der Waals surface area contributed by atoms with Gasteiger partial charge in [0.2, 0.25) is 11.6 Å². The van der Waals surface area contributed by atoms with E-state index in [4.69, 9.17) is 0 Å². The minimum atomic E-state index is -0.707. The normalized spacial score (nSPS) is 12.6. The minimum Gasteiger partial charge on any atom is -0.507 e. The van der Waals surface area contributed by atoms with Crippen molar-refractivity contribution in [2.24, 2.45) is 0 Å². The van der Waals surface area contributed by atoms with Crippen molar-refractivity contribution in [1.29, 1.82) is 0 Å². The Labute approximate surface area is 155 Å². The van der Waals surface area contributed by atoms with Crippen molar-refractivity contribution in [1.82, 2.24) is 10.6 Å². The number of nitrogens with one attached hydrogen (secondary N) is 3. The quantitative estimate of drug-likeness (QED) is 0.266. The third kappa shape index (κ3) is 3.32. The zero-order chi connectivity index (χ0) is 19.6. The lowest BCUT2D eigenvalue weighted by atomic mass is 9.81. The van der Waals surface area contributed by atoms with Crippen molar-refractivity contribution < 1.29 is 24.9 Å². The molecule has 0 aliphatic heterocycles. The Balaban J connectivity index is 1.95. The van der Waals surface area contributed by atoms with E-state index in [9.17, 15) is 24.9 Å². The smallest absolute Gasteiger partial charge is 0.202 e. The van der Waals surface area contributed by atoms with E-state index in [1.54, 1.807) is 0 Å². The van der Waals surface area contributed by atoms with E-state index in [-0.39, 0.29) is 28.0 Å². The van der Waals surface area contributed by atoms with Crippen molar-refractivity contribution in [2.45, 2.75) is 0 Å². The van der Waals surface area contributed by atoms with Crippen LogP contribution in [0.5, 0.6) is 17.2 Å². The van der Waals surface area contributed by atoms with E-state index in [0.29, 0.717) is 18.8 Å². The highest BCUT2D eigenvalue weighted by molar-refractivity contribution is 6.32. The van der Waals surface area contributed by atoms with Gasteiger partial charge in [0, 0.05) is 31.9 Å². The topological polar surface area (TPSA) is 131 Å². The van der Waals surface area contributed by atoms with E-state index in [1.807, 2.05) is 7.05 Å². The molecule has 0 bridgehead atoms. The van der Waals surface area contributed by atoms with Gasteiger partial charge in [-0.1, -0.05) is 0 Å². The molecule has 8 heteroatoms. The Morgan fingerprint density at radius 2 is 1.19 bits per heavy atom. The van der Waals surface area contributed by atoms with E-state index in [1.165, 1.54) is 12.1 Å². The fourth-order valence-corrected chi connectivity index (χ4v) is 3.12. The Bertz CT molecular complexity index is 911. The highest BCUT2D eigenvalue weighted by Crippen LogP contribution is 2.42. The van der Waals surface area contributed by atoms with Gasteiger partial charge < -0.3 is 31.3 Å². The molecule has 0 heterocycles. The van der Waals surface area contributed by atoms with E-state index < -0.39 is 23.1 Å². The number of anilines is 1. The summed E-state index contributed by atoms with van der Waals surface area (Å²) < 4.78 is 0. The van der Waals surface area contributed by atoms with Crippen molar-refractivity contribution in [2.75, 3.05) is 38.5 Å². The number of phenolic OH excluding ortho intramolecular Hbond substituents is 3. The van der Waals surface area contributed by atoms with E-state index in [2.05, 4.69) is 16.0 Å². The molecule has 27 heavy (non-hydrogen) atoms. The predicted molar refractivity (Wildman–Crippen MR) is 100 cm³/mol. The number of aromatic hydroxyl groups is 3. The first-order valence-electron chi connectivity index (χ1n) is 8.56. The monoisotopic (exact) mass is 371 g/mol. The molecule has 1 aliphatic rings. The standard InChI is InChI=1S/C19H21N3O5/c1-20-6-7-21-8-9-22-10-2-3-11(23)15-14(10)18(26)16-12(24)4-5-13(25)17(16)19(15)27/h2-5,20-25H,6-9H2,1H3. The molecular formula is C19H21N3O5. The van der Waals surface area contributed by atoms with Gasteiger partial charge >= 0.3 is 0 Å². The fraction of sp³-hybridized carbons (Fsp3) is 0.263. The number of hydrogen-bond donors (Lipinski definition) is 6. The molecule has 0 spiro atoms. The van der Waals surface area contributed by atoms with Gasteiger partial charge in [0.1, 0.15) is 17.2 Å². The summed E-state index contributed by atoms with van der Waals surface area (Å²) in [4.78, 5) is 25.8. The summed E-state index contributed by atoms with van der Waals surface area (Å²) in [5.41, 5.74) is -0.364. The number of fused-ring (bicyclic) bond motifs is 2. The van der Waals surface area contributed by atoms with Crippen molar-refractivity contribution >= 4 is 17.3 Å². The zero-order valence-corrected chi connectivity index (χ0v) is 14.8. The molecule has 0 fully saturated rings. The van der Waals surface area contributed by atoms with Gasteiger partial charge in [-0.25, -0.2) is 0 Å². The lowest BCUT2D eigenvalue weighted by Crippen LogP contribution is -2.29. The molecule has 8 nitrogen and oxygen atoms in total. The summed E-state index contributed by atoms with van der Waals surface area (Å²) in [6.07, 6.45) is 0. The van der Waals surface area contributed by atoms with E-state index >= 15 is 0 Å². The molecule has 6 N–H and O–H groups in total. The summed E-state index contributed by atoms with van der Waals surface area (Å²) in [5, 5.41) is 39.5. The maximum absolute atomic E-state index is 13.0. The number of rotatable bonds is 7. The first-order chi connectivity index (χ1) is 13.0. The molecule has 0 saturated heterocycles. The average Bonchev–Trinajstić information content (AvgIpc) is 2.65. The molecule has 0 unspecified atom stereocenters. The molecule has 0 aromatic heterocycles. The van der Waals surface area contributed by atoms with Crippen LogP contribution in [0.3, 0.4) is 0 Å². The number of phenols is 3. The Hall–Kier alpha value is -3.10. The second-order valence-electron chi connectivity index (χ2n) is 6.17. The van der Waals surface area contributed by atoms with E-state index in [0.717, 1.165) is 25.2 Å². The SMILES string of the molecule is CNCCNCCNc1ccc(O)c2c1C(=O)c1c(O)ccc(O)c1C2=O. The van der Waals surface area contributed by atoms with Crippen molar-refractivity contribution in [3.8, 4) is 17.2 Å². The van der Waals surface area contributed by atoms with Crippen LogP contribution in [0.1, 0.15) is 31.8 Å². The number of ketones is 2. The molecule has 2 aromatic carbocycles. The van der Waals surface area contributed by atoms with Crippen LogP contribution in [-0.2, 0) is 0 Å². The highest BCUT2D eigenvalue weighted by atomic mass is 16.3. The van der Waals surface area contributed by atoms with Gasteiger partial charge in [-0.15, -0.1) is 0 Å². The fourth-order valence-electron chi connectivity index (χ4n) is 3.12. The summed E-state index contributed by atoms with van der Waals surface area (Å²) >= 11 is 0. The lowest BCUT2D eigenvalue weighted by Gasteiger charge is -2.23. The van der Waals surface area contributed by atoms with Gasteiger partial charge in [-0.05, 0) is 31.3 Å². The molecule has 1 aliphatic carbocycles. The third-order valence-corrected chi connectivity index (χ3v) is 4.42. The summed E-state index contributed by atoms with van der Waals surface area (Å²) in [6, 6.07) is 5.13. The molecule has 0 amide bonds. The van der Waals surface area contributed by atoms with Gasteiger partial charge in [0.25, 0.3) is 0 Å². The molecule has 2 aromatic rings. The second kappa shape index (κ2) is 7.65. The van der Waals surface area contributed by atoms with Crippen LogP contribution in [-0.4, -0.2) is 60.1 Å². The maximum atomic E-state index is 13.0. The summed E-state index contributed by atoms with van der Waals surface area (Å²) in [6.45, 7) is 2.72. The van der Waals surface area contributed by atoms with Crippen molar-refractivity contribution in [3.05, 3.63) is 46.5 Å². The van der Waals surface area contributed by atoms with Gasteiger partial charge in [-0.3, -0.25) is 9.59 Å². The average molecular weight is 371 g/mol. The molecule has 0 radical (unpaired) electrons. The van der Waals surface area contributed by atoms with Gasteiger partial charge in [0.05, 0.1) is 22.3 Å². The first kappa shape index (κ1) is 18.7. The Kier molecular flexibility index (Phi) is 5.29. The van der Waals surface area contributed by atoms with Crippen LogP contribution in [0.15, 0.2) is 24.3 Å². The highest BCUT2D eigenvalue weighted by Gasteiger charge is 2.37. The van der Waals surface area contributed by atoms with Crippen LogP contribution in [0.25, 0.3) is 0 Å². The van der Waals surface area contributed by atoms with Crippen LogP contribution in [0.4, 0.5) is 5.69 Å². The maximum Gasteiger partial charge on any atom is 0.202 e. The van der Waals surface area contributed by atoms with Crippen LogP contribution >= 0.6 is 0 Å². The van der Waals surface area contributed by atoms with Crippen LogP contribution in [0.2, 0.25) is 0 Å². The molecule has 3 rings (SSSR count). The molecule has 0 saturated carbocycles.